The molecule has 0 bridgehead atoms. The molecule has 3 rings (SSSR count). The highest BCUT2D eigenvalue weighted by molar-refractivity contribution is 5.89. The smallest absolute Gasteiger partial charge is 0.319 e. The summed E-state index contributed by atoms with van der Waals surface area (Å²) in [5.41, 5.74) is 2.50. The van der Waals surface area contributed by atoms with Crippen molar-refractivity contribution in [1.82, 2.24) is 5.32 Å². The van der Waals surface area contributed by atoms with E-state index in [0.717, 1.165) is 11.1 Å². The van der Waals surface area contributed by atoms with Gasteiger partial charge in [-0.3, -0.25) is 0 Å². The van der Waals surface area contributed by atoms with E-state index in [2.05, 4.69) is 10.6 Å². The molecule has 2 N–H and O–H groups in total. The van der Waals surface area contributed by atoms with Crippen molar-refractivity contribution < 1.29 is 9.18 Å². The minimum atomic E-state index is -0.348. The lowest BCUT2D eigenvalue weighted by molar-refractivity contribution is 0.250. The summed E-state index contributed by atoms with van der Waals surface area (Å²) in [7, 11) is 0. The maximum atomic E-state index is 12.9. The Balaban J connectivity index is 1.79. The van der Waals surface area contributed by atoms with Gasteiger partial charge in [0.15, 0.2) is 0 Å². The van der Waals surface area contributed by atoms with Gasteiger partial charge in [0.1, 0.15) is 5.82 Å². The SMILES string of the molecule is O=C(Nc1ccc(F)cc1)NC(c1ccccc1)c1ccccc1. The maximum absolute atomic E-state index is 12.9. The Bertz CT molecular complexity index is 749. The summed E-state index contributed by atoms with van der Waals surface area (Å²) in [5.74, 6) is -0.340. The first-order valence-electron chi connectivity index (χ1n) is 7.65. The van der Waals surface area contributed by atoms with E-state index < -0.39 is 0 Å². The van der Waals surface area contributed by atoms with Gasteiger partial charge in [0.25, 0.3) is 0 Å². The molecule has 0 aliphatic rings. The lowest BCUT2D eigenvalue weighted by Crippen LogP contribution is -2.33. The third kappa shape index (κ3) is 3.98. The lowest BCUT2D eigenvalue weighted by Gasteiger charge is -2.20. The van der Waals surface area contributed by atoms with Crippen LogP contribution in [-0.4, -0.2) is 6.03 Å². The van der Waals surface area contributed by atoms with Crippen LogP contribution in [0, 0.1) is 5.82 Å². The number of carbonyl (C=O) groups excluding carboxylic acids is 1. The van der Waals surface area contributed by atoms with Crippen LogP contribution in [0.25, 0.3) is 0 Å². The second kappa shape index (κ2) is 7.42. The fraction of sp³-hybridized carbons (Fsp3) is 0.0500. The van der Waals surface area contributed by atoms with Crippen LogP contribution in [0.3, 0.4) is 0 Å². The number of hydrogen-bond acceptors (Lipinski definition) is 1. The molecule has 0 heterocycles. The van der Waals surface area contributed by atoms with Crippen molar-refractivity contribution in [1.29, 1.82) is 0 Å². The average molecular weight is 320 g/mol. The van der Waals surface area contributed by atoms with Crippen molar-refractivity contribution in [2.45, 2.75) is 6.04 Å². The zero-order chi connectivity index (χ0) is 16.8. The van der Waals surface area contributed by atoms with Crippen LogP contribution < -0.4 is 10.6 Å². The van der Waals surface area contributed by atoms with E-state index in [0.29, 0.717) is 5.69 Å². The molecule has 120 valence electrons. The quantitative estimate of drug-likeness (QED) is 0.716. The minimum Gasteiger partial charge on any atom is -0.327 e. The normalized spacial score (nSPS) is 10.4. The first kappa shape index (κ1) is 15.7. The highest BCUT2D eigenvalue weighted by Crippen LogP contribution is 2.22. The molecule has 0 spiro atoms. The Morgan fingerprint density at radius 3 is 1.75 bits per heavy atom. The van der Waals surface area contributed by atoms with Crippen molar-refractivity contribution in [2.24, 2.45) is 0 Å². The van der Waals surface area contributed by atoms with Crippen LogP contribution >= 0.6 is 0 Å². The third-order valence-electron chi connectivity index (χ3n) is 3.64. The van der Waals surface area contributed by atoms with Crippen molar-refractivity contribution in [3.63, 3.8) is 0 Å². The molecular formula is C20H17FN2O. The summed E-state index contributed by atoms with van der Waals surface area (Å²) in [6, 6.07) is 24.5. The Morgan fingerprint density at radius 1 is 0.750 bits per heavy atom. The van der Waals surface area contributed by atoms with Gasteiger partial charge in [-0.25, -0.2) is 9.18 Å². The van der Waals surface area contributed by atoms with Gasteiger partial charge in [-0.1, -0.05) is 60.7 Å². The van der Waals surface area contributed by atoms with Crippen molar-refractivity contribution in [3.8, 4) is 0 Å². The number of benzene rings is 3. The van der Waals surface area contributed by atoms with Gasteiger partial charge < -0.3 is 10.6 Å². The molecule has 24 heavy (non-hydrogen) atoms. The van der Waals surface area contributed by atoms with Gasteiger partial charge in [0.05, 0.1) is 6.04 Å². The summed E-state index contributed by atoms with van der Waals surface area (Å²) in [5, 5.41) is 5.69. The van der Waals surface area contributed by atoms with E-state index in [9.17, 15) is 9.18 Å². The summed E-state index contributed by atoms with van der Waals surface area (Å²) >= 11 is 0. The van der Waals surface area contributed by atoms with Gasteiger partial charge in [0, 0.05) is 5.69 Å². The largest absolute Gasteiger partial charge is 0.327 e. The molecule has 2 amide bonds. The standard InChI is InChI=1S/C20H17FN2O/c21-17-11-13-18(14-12-17)22-20(24)23-19(15-7-3-1-4-8-15)16-9-5-2-6-10-16/h1-14,19H,(H2,22,23,24). The second-order valence-electron chi connectivity index (χ2n) is 5.36. The zero-order valence-electron chi connectivity index (χ0n) is 12.9. The first-order chi connectivity index (χ1) is 11.7. The van der Waals surface area contributed by atoms with E-state index in [4.69, 9.17) is 0 Å². The molecule has 0 radical (unpaired) electrons. The Morgan fingerprint density at radius 2 is 1.25 bits per heavy atom. The Labute approximate surface area is 140 Å². The maximum Gasteiger partial charge on any atom is 0.319 e. The van der Waals surface area contributed by atoms with Gasteiger partial charge in [-0.15, -0.1) is 0 Å². The molecule has 3 nitrogen and oxygen atoms in total. The van der Waals surface area contributed by atoms with Crippen LogP contribution in [0.15, 0.2) is 84.9 Å². The van der Waals surface area contributed by atoms with Crippen molar-refractivity contribution >= 4 is 11.7 Å². The number of rotatable bonds is 4. The minimum absolute atomic E-state index is 0.271. The first-order valence-corrected chi connectivity index (χ1v) is 7.65. The number of carbonyl (C=O) groups is 1. The molecular weight excluding hydrogens is 303 g/mol. The predicted octanol–water partition coefficient (Wildman–Crippen LogP) is 4.74. The average Bonchev–Trinajstić information content (AvgIpc) is 2.63. The summed E-state index contributed by atoms with van der Waals surface area (Å²) in [6.07, 6.45) is 0. The number of nitrogens with one attached hydrogen (secondary N) is 2. The van der Waals surface area contributed by atoms with Crippen LogP contribution in [0.1, 0.15) is 17.2 Å². The molecule has 0 aliphatic heterocycles. The summed E-state index contributed by atoms with van der Waals surface area (Å²) < 4.78 is 12.9. The highest BCUT2D eigenvalue weighted by atomic mass is 19.1. The van der Waals surface area contributed by atoms with E-state index in [1.165, 1.54) is 24.3 Å². The van der Waals surface area contributed by atoms with Crippen LogP contribution in [0.4, 0.5) is 14.9 Å². The second-order valence-corrected chi connectivity index (χ2v) is 5.36. The van der Waals surface area contributed by atoms with E-state index in [1.807, 2.05) is 60.7 Å². The van der Waals surface area contributed by atoms with Crippen molar-refractivity contribution in [2.75, 3.05) is 5.32 Å². The molecule has 0 saturated carbocycles. The molecule has 0 aliphatic carbocycles. The Hall–Kier alpha value is -3.14. The number of halogens is 1. The fourth-order valence-corrected chi connectivity index (χ4v) is 2.48. The predicted molar refractivity (Wildman–Crippen MR) is 93.3 cm³/mol. The molecule has 0 unspecified atom stereocenters. The van der Waals surface area contributed by atoms with Crippen LogP contribution in [0.5, 0.6) is 0 Å². The van der Waals surface area contributed by atoms with Gasteiger partial charge in [-0.2, -0.15) is 0 Å². The molecule has 4 heteroatoms. The monoisotopic (exact) mass is 320 g/mol. The lowest BCUT2D eigenvalue weighted by atomic mass is 9.99. The van der Waals surface area contributed by atoms with Crippen molar-refractivity contribution in [3.05, 3.63) is 102 Å². The molecule has 0 aromatic heterocycles. The van der Waals surface area contributed by atoms with E-state index in [1.54, 1.807) is 0 Å². The number of amides is 2. The number of anilines is 1. The van der Waals surface area contributed by atoms with E-state index in [-0.39, 0.29) is 17.9 Å². The molecule has 0 saturated heterocycles. The number of urea groups is 1. The van der Waals surface area contributed by atoms with Crippen LogP contribution in [0.2, 0.25) is 0 Å². The third-order valence-corrected chi connectivity index (χ3v) is 3.64. The van der Waals surface area contributed by atoms with Gasteiger partial charge in [-0.05, 0) is 35.4 Å². The van der Waals surface area contributed by atoms with E-state index >= 15 is 0 Å². The highest BCUT2D eigenvalue weighted by Gasteiger charge is 2.16. The Kier molecular flexibility index (Phi) is 4.87. The zero-order valence-corrected chi connectivity index (χ0v) is 12.9. The molecule has 3 aromatic carbocycles. The fourth-order valence-electron chi connectivity index (χ4n) is 2.48. The van der Waals surface area contributed by atoms with Gasteiger partial charge in [0.2, 0.25) is 0 Å². The van der Waals surface area contributed by atoms with Crippen LogP contribution in [-0.2, 0) is 0 Å². The van der Waals surface area contributed by atoms with Gasteiger partial charge >= 0.3 is 6.03 Å². The summed E-state index contributed by atoms with van der Waals surface area (Å²) in [4.78, 5) is 12.3. The molecule has 3 aromatic rings. The molecule has 0 fully saturated rings. The number of hydrogen-bond donors (Lipinski definition) is 2. The summed E-state index contributed by atoms with van der Waals surface area (Å²) in [6.45, 7) is 0. The topological polar surface area (TPSA) is 41.1 Å². The molecule has 0 atom stereocenters.